The molecule has 0 radical (unpaired) electrons. The molecule has 232 valence electrons. The van der Waals surface area contributed by atoms with Gasteiger partial charge in [-0.05, 0) is 54.5 Å². The maximum absolute atomic E-state index is 4.96. The fourth-order valence-electron chi connectivity index (χ4n) is 7.07. The molecule has 4 heteroatoms. The van der Waals surface area contributed by atoms with Crippen molar-refractivity contribution < 1.29 is 0 Å². The molecule has 0 spiro atoms. The largest absolute Gasteiger partial charge is 0.256 e. The van der Waals surface area contributed by atoms with Crippen LogP contribution in [-0.2, 0) is 5.41 Å². The third-order valence-electron chi connectivity index (χ3n) is 9.52. The minimum absolute atomic E-state index is 0.0195. The van der Waals surface area contributed by atoms with Crippen LogP contribution >= 0.6 is 0 Å². The highest BCUT2D eigenvalue weighted by atomic mass is 15.0. The Balaban J connectivity index is 1.25. The van der Waals surface area contributed by atoms with E-state index in [1.54, 1.807) is 0 Å². The zero-order valence-electron chi connectivity index (χ0n) is 27.2. The van der Waals surface area contributed by atoms with Crippen molar-refractivity contribution in [3.05, 3.63) is 162 Å². The van der Waals surface area contributed by atoms with E-state index in [-0.39, 0.29) is 5.41 Å². The summed E-state index contributed by atoms with van der Waals surface area (Å²) in [4.78, 5) is 19.5. The van der Waals surface area contributed by atoms with Gasteiger partial charge in [-0.15, -0.1) is 0 Å². The summed E-state index contributed by atoms with van der Waals surface area (Å²) in [5, 5.41) is 0. The molecule has 1 aliphatic carbocycles. The lowest BCUT2D eigenvalue weighted by Crippen LogP contribution is -2.30. The second-order valence-electron chi connectivity index (χ2n) is 12.5. The van der Waals surface area contributed by atoms with Crippen LogP contribution in [0.4, 0.5) is 0 Å². The lowest BCUT2D eigenvalue weighted by Gasteiger charge is -2.39. The molecule has 0 N–H and O–H groups in total. The Hall–Kier alpha value is -5.22. The predicted molar refractivity (Wildman–Crippen MR) is 193 cm³/mol. The van der Waals surface area contributed by atoms with Crippen LogP contribution in [0.25, 0.3) is 39.7 Å². The first-order valence-corrected chi connectivity index (χ1v) is 16.9. The fourth-order valence-corrected chi connectivity index (χ4v) is 7.07. The van der Waals surface area contributed by atoms with Gasteiger partial charge in [0.05, 0.1) is 5.69 Å². The Morgan fingerprint density at radius 2 is 1.11 bits per heavy atom. The van der Waals surface area contributed by atoms with Gasteiger partial charge in [0.1, 0.15) is 0 Å². The molecular weight excluding hydrogens is 573 g/mol. The minimum atomic E-state index is -0.0195. The normalized spacial score (nSPS) is 14.6. The molecule has 2 aromatic heterocycles. The van der Waals surface area contributed by atoms with Gasteiger partial charge in [0.25, 0.3) is 0 Å². The van der Waals surface area contributed by atoms with E-state index in [4.69, 9.17) is 19.9 Å². The molecule has 1 aliphatic rings. The molecular formula is C43H40N4. The molecule has 0 bridgehead atoms. The van der Waals surface area contributed by atoms with E-state index in [1.165, 1.54) is 47.1 Å². The SMILES string of the molecule is CC/C=C(/c1ccc(C2(c3ccc(-c4nc(-c5ccccc5)nc(-c5ccccc5)n4)cc3)CCCCC2)cc1)c1ncccc1C. The van der Waals surface area contributed by atoms with E-state index in [0.717, 1.165) is 41.6 Å². The summed E-state index contributed by atoms with van der Waals surface area (Å²) in [7, 11) is 0. The zero-order chi connectivity index (χ0) is 32.1. The minimum Gasteiger partial charge on any atom is -0.256 e. The number of rotatable bonds is 8. The van der Waals surface area contributed by atoms with Crippen LogP contribution in [-0.4, -0.2) is 19.9 Å². The quantitative estimate of drug-likeness (QED) is 0.172. The number of hydrogen-bond donors (Lipinski definition) is 0. The Labute approximate surface area is 278 Å². The van der Waals surface area contributed by atoms with Crippen molar-refractivity contribution in [3.8, 4) is 34.2 Å². The van der Waals surface area contributed by atoms with Crippen molar-refractivity contribution in [3.63, 3.8) is 0 Å². The lowest BCUT2D eigenvalue weighted by molar-refractivity contribution is 0.346. The van der Waals surface area contributed by atoms with Gasteiger partial charge in [-0.3, -0.25) is 4.98 Å². The first kappa shape index (κ1) is 30.4. The number of nitrogens with zero attached hydrogens (tertiary/aromatic N) is 4. The van der Waals surface area contributed by atoms with E-state index in [0.29, 0.717) is 17.5 Å². The Morgan fingerprint density at radius 1 is 0.596 bits per heavy atom. The summed E-state index contributed by atoms with van der Waals surface area (Å²) < 4.78 is 0. The van der Waals surface area contributed by atoms with Crippen LogP contribution in [0.5, 0.6) is 0 Å². The summed E-state index contributed by atoms with van der Waals surface area (Å²) in [5.74, 6) is 2.05. The summed E-state index contributed by atoms with van der Waals surface area (Å²) in [6.45, 7) is 4.33. The van der Waals surface area contributed by atoms with Crippen LogP contribution in [0.15, 0.2) is 134 Å². The van der Waals surface area contributed by atoms with Gasteiger partial charge in [0.15, 0.2) is 17.5 Å². The van der Waals surface area contributed by atoms with Gasteiger partial charge < -0.3 is 0 Å². The van der Waals surface area contributed by atoms with Gasteiger partial charge >= 0.3 is 0 Å². The first-order chi connectivity index (χ1) is 23.1. The van der Waals surface area contributed by atoms with Gasteiger partial charge in [-0.2, -0.15) is 0 Å². The second-order valence-corrected chi connectivity index (χ2v) is 12.5. The summed E-state index contributed by atoms with van der Waals surface area (Å²) in [6.07, 6.45) is 11.2. The number of benzene rings is 4. The topological polar surface area (TPSA) is 51.6 Å². The maximum atomic E-state index is 4.96. The van der Waals surface area contributed by atoms with Gasteiger partial charge in [0, 0.05) is 33.9 Å². The fraction of sp³-hybridized carbons (Fsp3) is 0.209. The zero-order valence-corrected chi connectivity index (χ0v) is 27.2. The predicted octanol–water partition coefficient (Wildman–Crippen LogP) is 10.7. The van der Waals surface area contributed by atoms with Gasteiger partial charge in [0.2, 0.25) is 0 Å². The highest BCUT2D eigenvalue weighted by Crippen LogP contribution is 2.45. The van der Waals surface area contributed by atoms with Crippen LogP contribution in [0.3, 0.4) is 0 Å². The molecule has 0 saturated heterocycles. The molecule has 1 fully saturated rings. The van der Waals surface area contributed by atoms with E-state index < -0.39 is 0 Å². The molecule has 4 aromatic carbocycles. The molecule has 4 nitrogen and oxygen atoms in total. The smallest absolute Gasteiger partial charge is 0.164 e. The average molecular weight is 613 g/mol. The maximum Gasteiger partial charge on any atom is 0.164 e. The molecule has 6 aromatic rings. The number of aromatic nitrogens is 4. The van der Waals surface area contributed by atoms with Crippen molar-refractivity contribution in [2.24, 2.45) is 0 Å². The molecule has 0 atom stereocenters. The highest BCUT2D eigenvalue weighted by Gasteiger charge is 2.35. The summed E-state index contributed by atoms with van der Waals surface area (Å²) >= 11 is 0. The first-order valence-electron chi connectivity index (χ1n) is 16.9. The monoisotopic (exact) mass is 612 g/mol. The Kier molecular flexibility index (Phi) is 8.83. The molecule has 7 rings (SSSR count). The van der Waals surface area contributed by atoms with Crippen LogP contribution in [0, 0.1) is 6.92 Å². The number of hydrogen-bond acceptors (Lipinski definition) is 4. The van der Waals surface area contributed by atoms with Crippen LogP contribution in [0.1, 0.15) is 73.4 Å². The van der Waals surface area contributed by atoms with E-state index in [2.05, 4.69) is 74.5 Å². The van der Waals surface area contributed by atoms with E-state index in [1.807, 2.05) is 72.9 Å². The van der Waals surface area contributed by atoms with Crippen LogP contribution < -0.4 is 0 Å². The van der Waals surface area contributed by atoms with Crippen molar-refractivity contribution in [2.75, 3.05) is 0 Å². The summed E-state index contributed by atoms with van der Waals surface area (Å²) in [6, 6.07) is 42.8. The Morgan fingerprint density at radius 3 is 1.62 bits per heavy atom. The molecule has 2 heterocycles. The third-order valence-corrected chi connectivity index (χ3v) is 9.52. The highest BCUT2D eigenvalue weighted by molar-refractivity contribution is 5.79. The standard InChI is InChI=1S/C43H40N4/c1-3-14-38(39-31(2)15-13-30-44-39)32-20-24-36(25-21-32)43(28-11-6-12-29-43)37-26-22-35(23-27-37)42-46-40(33-16-7-4-8-17-33)45-41(47-42)34-18-9-5-10-19-34/h4-5,7-10,13-27,30H,3,6,11-12,28-29H2,1-2H3/b38-14-. The molecule has 1 saturated carbocycles. The van der Waals surface area contributed by atoms with Crippen molar-refractivity contribution >= 4 is 5.57 Å². The third kappa shape index (κ3) is 6.29. The number of aryl methyl sites for hydroxylation is 1. The van der Waals surface area contributed by atoms with Crippen molar-refractivity contribution in [1.29, 1.82) is 0 Å². The lowest BCUT2D eigenvalue weighted by atomic mass is 9.65. The van der Waals surface area contributed by atoms with Crippen molar-refractivity contribution in [2.45, 2.75) is 57.8 Å². The number of pyridine rings is 1. The number of allylic oxidation sites excluding steroid dienone is 1. The van der Waals surface area contributed by atoms with Crippen LogP contribution in [0.2, 0.25) is 0 Å². The molecule has 47 heavy (non-hydrogen) atoms. The molecule has 0 amide bonds. The molecule has 0 aliphatic heterocycles. The summed E-state index contributed by atoms with van der Waals surface area (Å²) in [5.41, 5.74) is 10.4. The van der Waals surface area contributed by atoms with Gasteiger partial charge in [-0.25, -0.2) is 15.0 Å². The van der Waals surface area contributed by atoms with Crippen molar-refractivity contribution in [1.82, 2.24) is 19.9 Å². The van der Waals surface area contributed by atoms with E-state index >= 15 is 0 Å². The van der Waals surface area contributed by atoms with E-state index in [9.17, 15) is 0 Å². The molecule has 0 unspecified atom stereocenters. The average Bonchev–Trinajstić information content (AvgIpc) is 3.15. The Bertz CT molecular complexity index is 1920. The van der Waals surface area contributed by atoms with Gasteiger partial charge in [-0.1, -0.05) is 148 Å². The second kappa shape index (κ2) is 13.6.